The van der Waals surface area contributed by atoms with Crippen LogP contribution >= 0.6 is 22.9 Å². The molecule has 4 aromatic rings. The van der Waals surface area contributed by atoms with Crippen molar-refractivity contribution in [2.75, 3.05) is 12.4 Å². The van der Waals surface area contributed by atoms with Gasteiger partial charge in [0.25, 0.3) is 0 Å². The van der Waals surface area contributed by atoms with Gasteiger partial charge >= 0.3 is 0 Å². The minimum Gasteiger partial charge on any atom is -0.497 e. The molecule has 0 unspecified atom stereocenters. The lowest BCUT2D eigenvalue weighted by atomic mass is 10.1. The number of thiazole rings is 1. The van der Waals surface area contributed by atoms with Gasteiger partial charge in [-0.2, -0.15) is 4.98 Å². The lowest BCUT2D eigenvalue weighted by Crippen LogP contribution is -2.11. The number of ether oxygens (including phenoxy) is 1. The summed E-state index contributed by atoms with van der Waals surface area (Å²) in [6.07, 6.45) is 1.43. The maximum Gasteiger partial charge on any atom is 0.226 e. The normalized spacial score (nSPS) is 10.8. The SMILES string of the molecule is COc1ccc(-c2noc(CCCC(=O)Nc3nc(-c4ccc(Cl)cc4)c(C)s3)n2)cc1. The van der Waals surface area contributed by atoms with Gasteiger partial charge in [0, 0.05) is 33.9 Å². The molecule has 0 atom stereocenters. The average Bonchev–Trinajstić information content (AvgIpc) is 3.41. The van der Waals surface area contributed by atoms with Crippen LogP contribution in [-0.4, -0.2) is 28.1 Å². The van der Waals surface area contributed by atoms with Crippen LogP contribution in [0.15, 0.2) is 53.1 Å². The number of carbonyl (C=O) groups excluding carboxylic acids is 1. The lowest BCUT2D eigenvalue weighted by Gasteiger charge is -2.00. The molecule has 0 aliphatic heterocycles. The zero-order valence-corrected chi connectivity index (χ0v) is 19.2. The van der Waals surface area contributed by atoms with Crippen LogP contribution in [0.1, 0.15) is 23.6 Å². The van der Waals surface area contributed by atoms with Crippen LogP contribution in [0.2, 0.25) is 5.02 Å². The van der Waals surface area contributed by atoms with E-state index in [0.29, 0.717) is 41.1 Å². The lowest BCUT2D eigenvalue weighted by molar-refractivity contribution is -0.116. The van der Waals surface area contributed by atoms with E-state index in [1.54, 1.807) is 7.11 Å². The van der Waals surface area contributed by atoms with Crippen molar-refractivity contribution in [1.29, 1.82) is 0 Å². The van der Waals surface area contributed by atoms with Crippen molar-refractivity contribution in [1.82, 2.24) is 15.1 Å². The second-order valence-corrected chi connectivity index (χ2v) is 8.71. The average molecular weight is 469 g/mol. The third-order valence-corrected chi connectivity index (χ3v) is 5.91. The maximum atomic E-state index is 12.4. The van der Waals surface area contributed by atoms with Crippen molar-refractivity contribution in [2.24, 2.45) is 0 Å². The molecule has 0 saturated carbocycles. The standard InChI is InChI=1S/C23H21ClN4O3S/c1-14-21(15-6-10-17(24)11-7-15)27-23(32-14)25-19(29)4-3-5-20-26-22(28-31-20)16-8-12-18(30-2)13-9-16/h6-13H,3-5H2,1-2H3,(H,25,27,29). The van der Waals surface area contributed by atoms with E-state index in [9.17, 15) is 4.79 Å². The van der Waals surface area contributed by atoms with Crippen LogP contribution in [-0.2, 0) is 11.2 Å². The summed E-state index contributed by atoms with van der Waals surface area (Å²) in [6, 6.07) is 14.9. The van der Waals surface area contributed by atoms with Gasteiger partial charge in [0.1, 0.15) is 5.75 Å². The van der Waals surface area contributed by atoms with E-state index < -0.39 is 0 Å². The summed E-state index contributed by atoms with van der Waals surface area (Å²) in [5.74, 6) is 1.68. The highest BCUT2D eigenvalue weighted by atomic mass is 35.5. The van der Waals surface area contributed by atoms with Crippen molar-refractivity contribution < 1.29 is 14.1 Å². The van der Waals surface area contributed by atoms with E-state index in [0.717, 1.165) is 27.4 Å². The van der Waals surface area contributed by atoms with Crippen LogP contribution < -0.4 is 10.1 Å². The Balaban J connectivity index is 1.29. The summed E-state index contributed by atoms with van der Waals surface area (Å²) in [5, 5.41) is 8.14. The molecule has 2 aromatic carbocycles. The first-order chi connectivity index (χ1) is 15.5. The molecule has 164 valence electrons. The molecule has 9 heteroatoms. The highest BCUT2D eigenvalue weighted by molar-refractivity contribution is 7.16. The number of anilines is 1. The smallest absolute Gasteiger partial charge is 0.226 e. The van der Waals surface area contributed by atoms with Crippen LogP contribution in [0, 0.1) is 6.92 Å². The molecule has 0 bridgehead atoms. The molecule has 0 aliphatic rings. The van der Waals surface area contributed by atoms with Gasteiger partial charge in [-0.15, -0.1) is 11.3 Å². The van der Waals surface area contributed by atoms with Crippen LogP contribution in [0.3, 0.4) is 0 Å². The Hall–Kier alpha value is -3.23. The summed E-state index contributed by atoms with van der Waals surface area (Å²) >= 11 is 7.40. The summed E-state index contributed by atoms with van der Waals surface area (Å²) in [6.45, 7) is 1.98. The number of hydrogen-bond acceptors (Lipinski definition) is 7. The number of rotatable bonds is 8. The number of aromatic nitrogens is 3. The van der Waals surface area contributed by atoms with Crippen LogP contribution in [0.4, 0.5) is 5.13 Å². The fourth-order valence-corrected chi connectivity index (χ4v) is 4.10. The molecule has 2 heterocycles. The summed E-state index contributed by atoms with van der Waals surface area (Å²) in [7, 11) is 1.62. The summed E-state index contributed by atoms with van der Waals surface area (Å²) in [5.41, 5.74) is 2.65. The largest absolute Gasteiger partial charge is 0.497 e. The third kappa shape index (κ3) is 5.33. The molecular weight excluding hydrogens is 448 g/mol. The molecule has 2 aromatic heterocycles. The van der Waals surface area contributed by atoms with Gasteiger partial charge in [0.05, 0.1) is 12.8 Å². The van der Waals surface area contributed by atoms with Crippen molar-refractivity contribution in [3.05, 3.63) is 64.3 Å². The molecule has 0 spiro atoms. The molecule has 0 saturated heterocycles. The van der Waals surface area contributed by atoms with E-state index in [1.165, 1.54) is 11.3 Å². The van der Waals surface area contributed by atoms with E-state index in [-0.39, 0.29) is 5.91 Å². The zero-order valence-electron chi connectivity index (χ0n) is 17.6. The van der Waals surface area contributed by atoms with Gasteiger partial charge in [-0.25, -0.2) is 4.98 Å². The molecule has 1 amide bonds. The second-order valence-electron chi connectivity index (χ2n) is 7.07. The Morgan fingerprint density at radius 3 is 2.53 bits per heavy atom. The number of carbonyl (C=O) groups is 1. The predicted octanol–water partition coefficient (Wildman–Crippen LogP) is 5.79. The number of benzene rings is 2. The van der Waals surface area contributed by atoms with Gasteiger partial charge in [0.2, 0.25) is 17.6 Å². The number of amides is 1. The molecule has 4 rings (SSSR count). The molecular formula is C23H21ClN4O3S. The highest BCUT2D eigenvalue weighted by Crippen LogP contribution is 2.31. The third-order valence-electron chi connectivity index (χ3n) is 4.77. The predicted molar refractivity (Wildman–Crippen MR) is 125 cm³/mol. The van der Waals surface area contributed by atoms with Crippen molar-refractivity contribution in [3.63, 3.8) is 0 Å². The highest BCUT2D eigenvalue weighted by Gasteiger charge is 2.13. The van der Waals surface area contributed by atoms with Crippen molar-refractivity contribution in [2.45, 2.75) is 26.2 Å². The van der Waals surface area contributed by atoms with Gasteiger partial charge < -0.3 is 14.6 Å². The first kappa shape index (κ1) is 22.0. The number of nitrogens with zero attached hydrogens (tertiary/aromatic N) is 3. The summed E-state index contributed by atoms with van der Waals surface area (Å²) < 4.78 is 10.5. The topological polar surface area (TPSA) is 90.1 Å². The van der Waals surface area contributed by atoms with E-state index >= 15 is 0 Å². The molecule has 0 aliphatic carbocycles. The number of aryl methyl sites for hydroxylation is 2. The first-order valence-electron chi connectivity index (χ1n) is 10.0. The Labute approximate surface area is 194 Å². The van der Waals surface area contributed by atoms with Crippen molar-refractivity contribution >= 4 is 34.0 Å². The fourth-order valence-electron chi connectivity index (χ4n) is 3.12. The molecule has 1 N–H and O–H groups in total. The Bertz CT molecular complexity index is 1200. The van der Waals surface area contributed by atoms with Crippen LogP contribution in [0.5, 0.6) is 5.75 Å². The van der Waals surface area contributed by atoms with Crippen LogP contribution in [0.25, 0.3) is 22.6 Å². The molecule has 0 radical (unpaired) electrons. The van der Waals surface area contributed by atoms with E-state index in [1.807, 2.05) is 55.5 Å². The minimum absolute atomic E-state index is 0.101. The number of methoxy groups -OCH3 is 1. The fraction of sp³-hybridized carbons (Fsp3) is 0.217. The van der Waals surface area contributed by atoms with Gasteiger partial charge in [0.15, 0.2) is 5.13 Å². The van der Waals surface area contributed by atoms with Gasteiger partial charge in [-0.05, 0) is 49.7 Å². The number of hydrogen-bond donors (Lipinski definition) is 1. The minimum atomic E-state index is -0.101. The molecule has 7 nitrogen and oxygen atoms in total. The molecule has 32 heavy (non-hydrogen) atoms. The first-order valence-corrected chi connectivity index (χ1v) is 11.2. The van der Waals surface area contributed by atoms with E-state index in [4.69, 9.17) is 20.9 Å². The van der Waals surface area contributed by atoms with E-state index in [2.05, 4.69) is 20.4 Å². The van der Waals surface area contributed by atoms with Crippen molar-refractivity contribution in [3.8, 4) is 28.4 Å². The zero-order chi connectivity index (χ0) is 22.5. The van der Waals surface area contributed by atoms with Gasteiger partial charge in [-0.3, -0.25) is 4.79 Å². The molecule has 0 fully saturated rings. The number of nitrogens with one attached hydrogen (secondary N) is 1. The summed E-state index contributed by atoms with van der Waals surface area (Å²) in [4.78, 5) is 22.3. The Kier molecular flexibility index (Phi) is 6.82. The second kappa shape index (κ2) is 9.93. The Morgan fingerprint density at radius 1 is 1.09 bits per heavy atom. The quantitative estimate of drug-likeness (QED) is 0.352. The number of halogens is 1. The Morgan fingerprint density at radius 2 is 1.81 bits per heavy atom. The van der Waals surface area contributed by atoms with Gasteiger partial charge in [-0.1, -0.05) is 28.9 Å². The maximum absolute atomic E-state index is 12.4. The monoisotopic (exact) mass is 468 g/mol.